The normalized spacial score (nSPS) is 15.4. The first-order valence-corrected chi connectivity index (χ1v) is 9.52. The van der Waals surface area contributed by atoms with E-state index < -0.39 is 9.84 Å². The summed E-state index contributed by atoms with van der Waals surface area (Å²) >= 11 is 0. The Kier molecular flexibility index (Phi) is 4.39. The Morgan fingerprint density at radius 3 is 2.70 bits per heavy atom. The molecule has 3 rings (SSSR count). The Morgan fingerprint density at radius 1 is 1.26 bits per heavy atom. The van der Waals surface area contributed by atoms with Gasteiger partial charge >= 0.3 is 0 Å². The molecule has 23 heavy (non-hydrogen) atoms. The van der Waals surface area contributed by atoms with Crippen LogP contribution in [-0.2, 0) is 28.4 Å². The zero-order chi connectivity index (χ0) is 16.4. The van der Waals surface area contributed by atoms with Crippen LogP contribution in [-0.4, -0.2) is 30.3 Å². The lowest BCUT2D eigenvalue weighted by molar-refractivity contribution is 0.391. The third-order valence-corrected chi connectivity index (χ3v) is 5.81. The fourth-order valence-electron chi connectivity index (χ4n) is 2.79. The quantitative estimate of drug-likeness (QED) is 0.809. The molecule has 7 heteroatoms. The van der Waals surface area contributed by atoms with Gasteiger partial charge in [0.25, 0.3) is 0 Å². The molecule has 0 aliphatic heterocycles. The van der Waals surface area contributed by atoms with Crippen molar-refractivity contribution in [2.45, 2.75) is 36.7 Å². The molecule has 0 N–H and O–H groups in total. The molecule has 0 amide bonds. The minimum Gasteiger partial charge on any atom is -0.497 e. The molecule has 1 aliphatic carbocycles. The molecule has 124 valence electrons. The topological polar surface area (TPSA) is 74.1 Å². The Morgan fingerprint density at radius 2 is 2.04 bits per heavy atom. The van der Waals surface area contributed by atoms with Gasteiger partial charge in [-0.05, 0) is 30.5 Å². The van der Waals surface area contributed by atoms with Gasteiger partial charge in [-0.1, -0.05) is 18.6 Å². The largest absolute Gasteiger partial charge is 0.497 e. The van der Waals surface area contributed by atoms with E-state index in [-0.39, 0.29) is 11.5 Å². The average molecular weight is 335 g/mol. The van der Waals surface area contributed by atoms with Crippen molar-refractivity contribution in [3.63, 3.8) is 0 Å². The van der Waals surface area contributed by atoms with Crippen molar-refractivity contribution >= 4 is 9.84 Å². The molecule has 1 heterocycles. The highest BCUT2D eigenvalue weighted by atomic mass is 32.2. The van der Waals surface area contributed by atoms with Crippen molar-refractivity contribution in [2.24, 2.45) is 7.05 Å². The number of hydrogen-bond acceptors (Lipinski definition) is 5. The Labute approximate surface area is 136 Å². The molecule has 6 nitrogen and oxygen atoms in total. The van der Waals surface area contributed by atoms with Gasteiger partial charge in [0, 0.05) is 13.0 Å². The van der Waals surface area contributed by atoms with E-state index in [4.69, 9.17) is 4.74 Å². The van der Waals surface area contributed by atoms with Crippen LogP contribution in [0.3, 0.4) is 0 Å². The maximum Gasteiger partial charge on any atom is 0.161 e. The first kappa shape index (κ1) is 16.0. The molecule has 0 bridgehead atoms. The van der Waals surface area contributed by atoms with Crippen LogP contribution in [0.5, 0.6) is 5.75 Å². The van der Waals surface area contributed by atoms with Crippen LogP contribution in [0.1, 0.15) is 42.4 Å². The molecular weight excluding hydrogens is 314 g/mol. The van der Waals surface area contributed by atoms with Crippen LogP contribution in [0, 0.1) is 0 Å². The lowest BCUT2D eigenvalue weighted by Crippen LogP contribution is -2.16. The fourth-order valence-corrected chi connectivity index (χ4v) is 4.22. The van der Waals surface area contributed by atoms with Crippen LogP contribution in [0.15, 0.2) is 24.3 Å². The second-order valence-electron chi connectivity index (χ2n) is 6.05. The SMILES string of the molecule is COc1cccc(CS(=O)(=O)Cc2nnc(C3CCC3)n2C)c1. The maximum atomic E-state index is 12.5. The van der Waals surface area contributed by atoms with E-state index in [1.54, 1.807) is 31.4 Å². The maximum absolute atomic E-state index is 12.5. The van der Waals surface area contributed by atoms with Gasteiger partial charge in [-0.25, -0.2) is 8.42 Å². The average Bonchev–Trinajstić information content (AvgIpc) is 2.78. The Hall–Kier alpha value is -1.89. The molecule has 1 aromatic carbocycles. The van der Waals surface area contributed by atoms with Gasteiger partial charge in [0.15, 0.2) is 9.84 Å². The molecule has 0 radical (unpaired) electrons. The van der Waals surface area contributed by atoms with Gasteiger partial charge in [-0.3, -0.25) is 0 Å². The predicted molar refractivity (Wildman–Crippen MR) is 86.9 cm³/mol. The highest BCUT2D eigenvalue weighted by Crippen LogP contribution is 2.35. The molecule has 1 fully saturated rings. The highest BCUT2D eigenvalue weighted by molar-refractivity contribution is 7.89. The van der Waals surface area contributed by atoms with Gasteiger partial charge < -0.3 is 9.30 Å². The van der Waals surface area contributed by atoms with Crippen molar-refractivity contribution in [1.29, 1.82) is 0 Å². The summed E-state index contributed by atoms with van der Waals surface area (Å²) in [5, 5.41) is 8.27. The van der Waals surface area contributed by atoms with Crippen LogP contribution in [0.2, 0.25) is 0 Å². The first-order chi connectivity index (χ1) is 11.0. The molecule has 0 spiro atoms. The van der Waals surface area contributed by atoms with E-state index in [0.717, 1.165) is 18.7 Å². The second kappa shape index (κ2) is 6.31. The smallest absolute Gasteiger partial charge is 0.161 e. The Balaban J connectivity index is 1.74. The number of nitrogens with zero attached hydrogens (tertiary/aromatic N) is 3. The summed E-state index contributed by atoms with van der Waals surface area (Å²) in [5.74, 6) is 2.37. The van der Waals surface area contributed by atoms with E-state index in [0.29, 0.717) is 23.1 Å². The van der Waals surface area contributed by atoms with Gasteiger partial charge in [-0.15, -0.1) is 10.2 Å². The number of ether oxygens (including phenoxy) is 1. The monoisotopic (exact) mass is 335 g/mol. The van der Waals surface area contributed by atoms with Crippen LogP contribution in [0.25, 0.3) is 0 Å². The molecule has 1 aromatic heterocycles. The molecule has 0 saturated heterocycles. The van der Waals surface area contributed by atoms with Gasteiger partial charge in [0.05, 0.1) is 12.9 Å². The summed E-state index contributed by atoms with van der Waals surface area (Å²) in [6.07, 6.45) is 3.44. The summed E-state index contributed by atoms with van der Waals surface area (Å²) in [6, 6.07) is 7.12. The lowest BCUT2D eigenvalue weighted by Gasteiger charge is -2.24. The molecule has 0 unspecified atom stereocenters. The van der Waals surface area contributed by atoms with Crippen LogP contribution < -0.4 is 4.74 Å². The van der Waals surface area contributed by atoms with Gasteiger partial charge in [0.1, 0.15) is 23.2 Å². The summed E-state index contributed by atoms with van der Waals surface area (Å²) in [7, 11) is 0.101. The zero-order valence-corrected chi connectivity index (χ0v) is 14.2. The van der Waals surface area contributed by atoms with Gasteiger partial charge in [-0.2, -0.15) is 0 Å². The third-order valence-electron chi connectivity index (χ3n) is 4.34. The summed E-state index contributed by atoms with van der Waals surface area (Å²) in [6.45, 7) is 0. The van der Waals surface area contributed by atoms with Crippen LogP contribution >= 0.6 is 0 Å². The fraction of sp³-hybridized carbons (Fsp3) is 0.500. The number of benzene rings is 1. The predicted octanol–water partition coefficient (Wildman–Crippen LogP) is 2.21. The van der Waals surface area contributed by atoms with E-state index in [1.807, 2.05) is 11.6 Å². The number of hydrogen-bond donors (Lipinski definition) is 0. The van der Waals surface area contributed by atoms with E-state index in [1.165, 1.54) is 6.42 Å². The summed E-state index contributed by atoms with van der Waals surface area (Å²) in [5.41, 5.74) is 0.714. The minimum absolute atomic E-state index is 0.0319. The second-order valence-corrected chi connectivity index (χ2v) is 8.11. The summed E-state index contributed by atoms with van der Waals surface area (Å²) < 4.78 is 31.9. The van der Waals surface area contributed by atoms with Crippen molar-refractivity contribution < 1.29 is 13.2 Å². The van der Waals surface area contributed by atoms with Crippen molar-refractivity contribution in [1.82, 2.24) is 14.8 Å². The van der Waals surface area contributed by atoms with Crippen molar-refractivity contribution in [2.75, 3.05) is 7.11 Å². The standard InChI is InChI=1S/C16H21N3O3S/c1-19-15(17-18-16(19)13-6-4-7-13)11-23(20,21)10-12-5-3-8-14(9-12)22-2/h3,5,8-9,13H,4,6-7,10-11H2,1-2H3. The van der Waals surface area contributed by atoms with E-state index in [2.05, 4.69) is 10.2 Å². The molecule has 1 aliphatic rings. The number of methoxy groups -OCH3 is 1. The van der Waals surface area contributed by atoms with Crippen molar-refractivity contribution in [3.8, 4) is 5.75 Å². The molecule has 0 atom stereocenters. The molecule has 2 aromatic rings. The van der Waals surface area contributed by atoms with Gasteiger partial charge in [0.2, 0.25) is 0 Å². The number of sulfone groups is 1. The van der Waals surface area contributed by atoms with E-state index >= 15 is 0 Å². The molecule has 1 saturated carbocycles. The summed E-state index contributed by atoms with van der Waals surface area (Å²) in [4.78, 5) is 0. The Bertz CT molecular complexity index is 795. The van der Waals surface area contributed by atoms with E-state index in [9.17, 15) is 8.42 Å². The minimum atomic E-state index is -3.32. The number of rotatable bonds is 6. The first-order valence-electron chi connectivity index (χ1n) is 7.70. The highest BCUT2D eigenvalue weighted by Gasteiger charge is 2.26. The van der Waals surface area contributed by atoms with Crippen molar-refractivity contribution in [3.05, 3.63) is 41.5 Å². The molecular formula is C16H21N3O3S. The lowest BCUT2D eigenvalue weighted by atomic mass is 9.85. The third kappa shape index (κ3) is 3.55. The van der Waals surface area contributed by atoms with Crippen LogP contribution in [0.4, 0.5) is 0 Å². The zero-order valence-electron chi connectivity index (χ0n) is 13.4. The number of aromatic nitrogens is 3.